The van der Waals surface area contributed by atoms with Gasteiger partial charge in [0.2, 0.25) is 0 Å². The van der Waals surface area contributed by atoms with Crippen molar-refractivity contribution in [3.63, 3.8) is 0 Å². The van der Waals surface area contributed by atoms with Crippen molar-refractivity contribution < 1.29 is 32.9 Å². The number of esters is 1. The van der Waals surface area contributed by atoms with Crippen LogP contribution in [0.15, 0.2) is 54.3 Å². The highest BCUT2D eigenvalue weighted by molar-refractivity contribution is 5.87. The smallest absolute Gasteiger partial charge is 0.387 e. The molecule has 0 radical (unpaired) electrons. The number of nitrogens with one attached hydrogen (secondary N) is 1. The molecular formula is C22H17F2N3O5. The number of alkyl halides is 2. The van der Waals surface area contributed by atoms with Gasteiger partial charge in [-0.1, -0.05) is 18.2 Å². The highest BCUT2D eigenvalue weighted by atomic mass is 19.3. The van der Waals surface area contributed by atoms with E-state index in [-0.39, 0.29) is 22.9 Å². The number of ether oxygens (including phenoxy) is 3. The minimum Gasteiger partial charge on any atom is -0.507 e. The molecule has 0 atom stereocenters. The summed E-state index contributed by atoms with van der Waals surface area (Å²) in [6.07, 6.45) is 2.44. The van der Waals surface area contributed by atoms with Crippen molar-refractivity contribution in [1.82, 2.24) is 9.97 Å². The molecule has 1 heterocycles. The number of aliphatic hydroxyl groups excluding tert-OH is 1. The summed E-state index contributed by atoms with van der Waals surface area (Å²) in [6.45, 7) is -3.55. The Morgan fingerprint density at radius 1 is 1.28 bits per heavy atom. The van der Waals surface area contributed by atoms with Crippen LogP contribution in [0.5, 0.6) is 11.5 Å². The number of aliphatic hydroxyl groups is 1. The van der Waals surface area contributed by atoms with E-state index in [4.69, 9.17) is 9.47 Å². The van der Waals surface area contributed by atoms with Gasteiger partial charge < -0.3 is 24.3 Å². The van der Waals surface area contributed by atoms with Crippen LogP contribution in [0.1, 0.15) is 11.4 Å². The molecule has 0 bridgehead atoms. The van der Waals surface area contributed by atoms with Crippen molar-refractivity contribution in [3.8, 4) is 17.6 Å². The summed E-state index contributed by atoms with van der Waals surface area (Å²) in [7, 11) is 1.29. The number of hydrogen-bond acceptors (Lipinski definition) is 7. The summed E-state index contributed by atoms with van der Waals surface area (Å²) in [6, 6.07) is 13.0. The molecule has 0 aliphatic carbocycles. The average molecular weight is 441 g/mol. The van der Waals surface area contributed by atoms with Crippen molar-refractivity contribution in [3.05, 3.63) is 65.7 Å². The first-order chi connectivity index (χ1) is 15.4. The molecule has 0 saturated carbocycles. The van der Waals surface area contributed by atoms with E-state index in [0.29, 0.717) is 16.6 Å². The lowest BCUT2D eigenvalue weighted by Gasteiger charge is -2.10. The second-order valence-corrected chi connectivity index (χ2v) is 6.27. The molecule has 0 fully saturated rings. The van der Waals surface area contributed by atoms with Gasteiger partial charge in [0.1, 0.15) is 18.2 Å². The number of nitrogens with zero attached hydrogens (tertiary/aromatic N) is 2. The summed E-state index contributed by atoms with van der Waals surface area (Å²) in [5, 5.41) is 19.6. The standard InChI is InChI=1S/C22H17F2N3O5/c1-30-19-10-13(6-8-18(19)32-22(23)24)7-9-20(29)31-12-17(28)14(11-25)21-26-15-4-2-3-5-16(15)27-21/h2-10,22,28H,12H2,1H3,(H,26,27). The van der Waals surface area contributed by atoms with Crippen LogP contribution in [0.2, 0.25) is 0 Å². The molecule has 0 amide bonds. The fraction of sp³-hybridized carbons (Fsp3) is 0.136. The van der Waals surface area contributed by atoms with Crippen LogP contribution in [0.4, 0.5) is 8.78 Å². The zero-order chi connectivity index (χ0) is 23.1. The van der Waals surface area contributed by atoms with Crippen LogP contribution in [-0.2, 0) is 9.53 Å². The van der Waals surface area contributed by atoms with Gasteiger partial charge in [0, 0.05) is 6.08 Å². The molecule has 8 nitrogen and oxygen atoms in total. The Hall–Kier alpha value is -4.39. The topological polar surface area (TPSA) is 117 Å². The normalized spacial score (nSPS) is 12.0. The molecule has 0 unspecified atom stereocenters. The zero-order valence-electron chi connectivity index (χ0n) is 16.7. The van der Waals surface area contributed by atoms with Gasteiger partial charge in [-0.05, 0) is 35.9 Å². The highest BCUT2D eigenvalue weighted by Crippen LogP contribution is 2.29. The van der Waals surface area contributed by atoms with E-state index in [1.165, 1.54) is 31.4 Å². The van der Waals surface area contributed by atoms with E-state index < -0.39 is 24.9 Å². The number of aromatic nitrogens is 2. The van der Waals surface area contributed by atoms with Crippen LogP contribution in [0, 0.1) is 11.3 Å². The minimum absolute atomic E-state index is 0.0610. The Bertz CT molecular complexity index is 1190. The van der Waals surface area contributed by atoms with E-state index in [0.717, 1.165) is 6.08 Å². The maximum Gasteiger partial charge on any atom is 0.387 e. The number of carbonyl (C=O) groups is 1. The molecule has 0 aliphatic rings. The number of hydrogen-bond donors (Lipinski definition) is 2. The van der Waals surface area contributed by atoms with Crippen LogP contribution in [0.25, 0.3) is 22.7 Å². The summed E-state index contributed by atoms with van der Waals surface area (Å²) in [5.41, 5.74) is 1.60. The summed E-state index contributed by atoms with van der Waals surface area (Å²) < 4.78 is 39.0. The largest absolute Gasteiger partial charge is 0.507 e. The summed E-state index contributed by atoms with van der Waals surface area (Å²) >= 11 is 0. The van der Waals surface area contributed by atoms with Gasteiger partial charge in [-0.15, -0.1) is 0 Å². The minimum atomic E-state index is -3.00. The fourth-order valence-electron chi connectivity index (χ4n) is 2.73. The lowest BCUT2D eigenvalue weighted by atomic mass is 10.2. The maximum atomic E-state index is 12.4. The van der Waals surface area contributed by atoms with E-state index in [9.17, 15) is 23.9 Å². The van der Waals surface area contributed by atoms with Crippen molar-refractivity contribution in [2.45, 2.75) is 6.61 Å². The fourth-order valence-corrected chi connectivity index (χ4v) is 2.73. The number of allylic oxidation sites excluding steroid dienone is 1. The molecule has 2 N–H and O–H groups in total. The third-order valence-electron chi connectivity index (χ3n) is 4.19. The van der Waals surface area contributed by atoms with Gasteiger partial charge in [0.25, 0.3) is 0 Å². The molecule has 0 saturated heterocycles. The van der Waals surface area contributed by atoms with Crippen LogP contribution >= 0.6 is 0 Å². The van der Waals surface area contributed by atoms with E-state index in [1.807, 2.05) is 6.07 Å². The Morgan fingerprint density at radius 3 is 2.75 bits per heavy atom. The maximum absolute atomic E-state index is 12.4. The van der Waals surface area contributed by atoms with Crippen molar-refractivity contribution >= 4 is 28.7 Å². The predicted molar refractivity (Wildman–Crippen MR) is 111 cm³/mol. The highest BCUT2D eigenvalue weighted by Gasteiger charge is 2.14. The number of halogens is 2. The third kappa shape index (κ3) is 5.40. The first-order valence-electron chi connectivity index (χ1n) is 9.16. The number of benzene rings is 2. The van der Waals surface area contributed by atoms with E-state index in [1.54, 1.807) is 24.3 Å². The number of aromatic amines is 1. The number of para-hydroxylation sites is 2. The average Bonchev–Trinajstić information content (AvgIpc) is 3.20. The van der Waals surface area contributed by atoms with Gasteiger partial charge in [0.05, 0.1) is 18.1 Å². The number of fused-ring (bicyclic) bond motifs is 1. The quantitative estimate of drug-likeness (QED) is 0.233. The van der Waals surface area contributed by atoms with Gasteiger partial charge in [0.15, 0.2) is 23.1 Å². The molecule has 1 aromatic heterocycles. The van der Waals surface area contributed by atoms with Gasteiger partial charge in [-0.3, -0.25) is 0 Å². The third-order valence-corrected chi connectivity index (χ3v) is 4.19. The first kappa shape index (κ1) is 22.3. The monoisotopic (exact) mass is 441 g/mol. The molecule has 2 aromatic carbocycles. The molecule has 0 aliphatic heterocycles. The van der Waals surface area contributed by atoms with Crippen LogP contribution < -0.4 is 9.47 Å². The van der Waals surface area contributed by atoms with Crippen LogP contribution in [0.3, 0.4) is 0 Å². The lowest BCUT2D eigenvalue weighted by Crippen LogP contribution is -2.06. The molecule has 10 heteroatoms. The molecule has 32 heavy (non-hydrogen) atoms. The number of nitriles is 1. The second kappa shape index (κ2) is 10.1. The number of H-pyrrole nitrogens is 1. The summed E-state index contributed by atoms with van der Waals surface area (Å²) in [4.78, 5) is 19.1. The number of rotatable bonds is 8. The van der Waals surface area contributed by atoms with Crippen LogP contribution in [-0.4, -0.2) is 41.4 Å². The Morgan fingerprint density at radius 2 is 2.06 bits per heavy atom. The number of methoxy groups -OCH3 is 1. The van der Waals surface area contributed by atoms with Gasteiger partial charge in [-0.25, -0.2) is 9.78 Å². The molecular weight excluding hydrogens is 424 g/mol. The molecule has 3 aromatic rings. The molecule has 164 valence electrons. The Labute approximate surface area is 181 Å². The lowest BCUT2D eigenvalue weighted by molar-refractivity contribution is -0.137. The molecule has 0 spiro atoms. The van der Waals surface area contributed by atoms with E-state index >= 15 is 0 Å². The van der Waals surface area contributed by atoms with Crippen molar-refractivity contribution in [2.75, 3.05) is 13.7 Å². The Kier molecular flexibility index (Phi) is 7.02. The van der Waals surface area contributed by atoms with Gasteiger partial charge in [-0.2, -0.15) is 14.0 Å². The van der Waals surface area contributed by atoms with Crippen molar-refractivity contribution in [1.29, 1.82) is 5.26 Å². The van der Waals surface area contributed by atoms with Gasteiger partial charge >= 0.3 is 12.6 Å². The zero-order valence-corrected chi connectivity index (χ0v) is 16.7. The Balaban J connectivity index is 1.66. The number of carbonyl (C=O) groups excluding carboxylic acids is 1. The SMILES string of the molecule is COc1cc(C=CC(=O)OCC(O)=C(C#N)c2nc3ccccc3[nH]2)ccc1OC(F)F. The first-order valence-corrected chi connectivity index (χ1v) is 9.16. The van der Waals surface area contributed by atoms with E-state index in [2.05, 4.69) is 14.7 Å². The second-order valence-electron chi connectivity index (χ2n) is 6.27. The van der Waals surface area contributed by atoms with Crippen molar-refractivity contribution in [2.24, 2.45) is 0 Å². The summed E-state index contributed by atoms with van der Waals surface area (Å²) in [5.74, 6) is -1.21. The predicted octanol–water partition coefficient (Wildman–Crippen LogP) is 4.22. The molecule has 3 rings (SSSR count). The number of imidazole rings is 1.